The minimum absolute atomic E-state index is 0. The predicted octanol–water partition coefficient (Wildman–Crippen LogP) is 4.96. The molecule has 4 heterocycles. The molecule has 0 aliphatic carbocycles. The minimum atomic E-state index is -1.27. The zero-order chi connectivity index (χ0) is 27.6. The van der Waals surface area contributed by atoms with Crippen molar-refractivity contribution >= 4 is 44.8 Å². The molecular weight excluding hydrogens is 584 g/mol. The van der Waals surface area contributed by atoms with Crippen LogP contribution in [0.25, 0.3) is 27.6 Å². The highest BCUT2D eigenvalue weighted by atomic mass is 35.5. The van der Waals surface area contributed by atoms with Crippen molar-refractivity contribution in [1.82, 2.24) is 23.7 Å². The van der Waals surface area contributed by atoms with Gasteiger partial charge in [0.1, 0.15) is 33.9 Å². The summed E-state index contributed by atoms with van der Waals surface area (Å²) in [6.07, 6.45) is 5.57. The number of anilines is 1. The van der Waals surface area contributed by atoms with E-state index in [1.54, 1.807) is 43.9 Å². The van der Waals surface area contributed by atoms with Crippen LogP contribution in [0.2, 0.25) is 5.02 Å². The van der Waals surface area contributed by atoms with Crippen LogP contribution in [0.4, 0.5) is 5.95 Å². The van der Waals surface area contributed by atoms with Gasteiger partial charge in [0, 0.05) is 47.5 Å². The summed E-state index contributed by atoms with van der Waals surface area (Å²) in [5, 5.41) is 6.10. The first-order chi connectivity index (χ1) is 19.5. The van der Waals surface area contributed by atoms with Crippen molar-refractivity contribution in [3.8, 4) is 34.1 Å². The summed E-state index contributed by atoms with van der Waals surface area (Å²) in [5.74, 6) is 1.91. The maximum atomic E-state index is 13.2. The second kappa shape index (κ2) is 12.5. The van der Waals surface area contributed by atoms with Crippen LogP contribution >= 0.6 is 22.9 Å². The molecule has 1 aliphatic rings. The number of aromatic nitrogens is 4. The highest BCUT2D eigenvalue weighted by Gasteiger charge is 2.26. The molecule has 1 unspecified atom stereocenters. The van der Waals surface area contributed by atoms with E-state index in [-0.39, 0.29) is 11.5 Å². The quantitative estimate of drug-likeness (QED) is 0.262. The molecule has 13 heteroatoms. The normalized spacial score (nSPS) is 16.2. The van der Waals surface area contributed by atoms with E-state index in [1.165, 1.54) is 0 Å². The average Bonchev–Trinajstić information content (AvgIpc) is 3.59. The van der Waals surface area contributed by atoms with Gasteiger partial charge in [-0.05, 0) is 61.4 Å². The summed E-state index contributed by atoms with van der Waals surface area (Å²) in [5.41, 5.74) is 3.12. The van der Waals surface area contributed by atoms with Crippen LogP contribution in [0.3, 0.4) is 0 Å². The number of ether oxygens (including phenoxy) is 2. The Morgan fingerprint density at radius 2 is 1.93 bits per heavy atom. The molecule has 0 radical (unpaired) electrons. The molecule has 3 aromatic heterocycles. The first-order valence-corrected chi connectivity index (χ1v) is 15.1. The predicted molar refractivity (Wildman–Crippen MR) is 162 cm³/mol. The van der Waals surface area contributed by atoms with Crippen molar-refractivity contribution in [1.29, 1.82) is 0 Å². The van der Waals surface area contributed by atoms with E-state index in [0.717, 1.165) is 51.9 Å². The Labute approximate surface area is 248 Å². The molecule has 0 amide bonds. The van der Waals surface area contributed by atoms with Gasteiger partial charge in [0.2, 0.25) is 5.95 Å². The van der Waals surface area contributed by atoms with Crippen molar-refractivity contribution in [2.75, 3.05) is 32.6 Å². The molecule has 214 valence electrons. The van der Waals surface area contributed by atoms with Crippen molar-refractivity contribution in [3.63, 3.8) is 0 Å². The van der Waals surface area contributed by atoms with Gasteiger partial charge < -0.3 is 20.3 Å². The lowest BCUT2D eigenvalue weighted by atomic mass is 10.1. The molecule has 1 saturated heterocycles. The number of benzene rings is 2. The van der Waals surface area contributed by atoms with Gasteiger partial charge >= 0.3 is 0 Å². The molecule has 6 rings (SSSR count). The lowest BCUT2D eigenvalue weighted by Gasteiger charge is -2.32. The van der Waals surface area contributed by atoms with E-state index in [4.69, 9.17) is 31.0 Å². The fraction of sp³-hybridized carbons (Fsp3) is 0.250. The van der Waals surface area contributed by atoms with E-state index in [2.05, 4.69) is 10.3 Å². The zero-order valence-corrected chi connectivity index (χ0v) is 24.8. The molecule has 0 bridgehead atoms. The number of imidazole rings is 1. The first kappa shape index (κ1) is 29.0. The molecule has 2 atom stereocenters. The van der Waals surface area contributed by atoms with E-state index in [1.807, 2.05) is 56.7 Å². The number of methoxy groups -OCH3 is 2. The largest absolute Gasteiger partial charge is 0.497 e. The minimum Gasteiger partial charge on any atom is -0.497 e. The SMILES string of the molecule is COc1ccc(OC)c(-c2nc3sccn3c2-c2ccnc(N[C@@H]3CCCN(S(=O)c4ccc(Cl)cc4)C3)n2)c1.O. The van der Waals surface area contributed by atoms with E-state index >= 15 is 0 Å². The Balaban J connectivity index is 0.00000337. The van der Waals surface area contributed by atoms with Crippen molar-refractivity contribution in [2.45, 2.75) is 23.8 Å². The number of nitrogens with one attached hydrogen (secondary N) is 1. The molecule has 1 fully saturated rings. The Bertz CT molecular complexity index is 1680. The smallest absolute Gasteiger partial charge is 0.223 e. The number of thiazole rings is 1. The summed E-state index contributed by atoms with van der Waals surface area (Å²) < 4.78 is 28.4. The molecule has 10 nitrogen and oxygen atoms in total. The summed E-state index contributed by atoms with van der Waals surface area (Å²) in [6, 6.07) is 14.7. The number of halogens is 1. The number of nitrogens with zero attached hydrogens (tertiary/aromatic N) is 5. The van der Waals surface area contributed by atoms with Crippen molar-refractivity contribution in [3.05, 3.63) is 71.3 Å². The van der Waals surface area contributed by atoms with Crippen LogP contribution < -0.4 is 14.8 Å². The number of hydrogen-bond donors (Lipinski definition) is 1. The number of rotatable bonds is 8. The number of fused-ring (bicyclic) bond motifs is 1. The van der Waals surface area contributed by atoms with Crippen molar-refractivity contribution < 1.29 is 19.2 Å². The first-order valence-electron chi connectivity index (χ1n) is 12.7. The van der Waals surface area contributed by atoms with Gasteiger partial charge in [-0.3, -0.25) is 4.40 Å². The highest BCUT2D eigenvalue weighted by Crippen LogP contribution is 2.39. The molecule has 3 N–H and O–H groups in total. The third-order valence-corrected chi connectivity index (χ3v) is 9.27. The van der Waals surface area contributed by atoms with Gasteiger partial charge in [0.05, 0.1) is 24.8 Å². The van der Waals surface area contributed by atoms with E-state index in [0.29, 0.717) is 29.0 Å². The van der Waals surface area contributed by atoms with Crippen molar-refractivity contribution in [2.24, 2.45) is 0 Å². The second-order valence-electron chi connectivity index (χ2n) is 9.27. The summed E-state index contributed by atoms with van der Waals surface area (Å²) in [7, 11) is 2.01. The van der Waals surface area contributed by atoms with Gasteiger partial charge in [-0.2, -0.15) is 0 Å². The Kier molecular flexibility index (Phi) is 8.85. The summed E-state index contributed by atoms with van der Waals surface area (Å²) in [4.78, 5) is 15.9. The second-order valence-corrected chi connectivity index (χ2v) is 12.1. The topological polar surface area (TPSA) is 125 Å². The van der Waals surface area contributed by atoms with E-state index in [9.17, 15) is 4.21 Å². The van der Waals surface area contributed by atoms with Crippen LogP contribution in [0.15, 0.2) is 71.2 Å². The molecule has 0 spiro atoms. The maximum absolute atomic E-state index is 13.2. The standard InChI is InChI=1S/C28H27ClN6O3S2.H2O/c1-37-20-7-10-24(38-2)22(16-20)25-26(35-14-15-39-28(35)33-25)23-11-12-30-27(32-23)31-19-4-3-13-34(17-19)40(36)21-8-5-18(29)6-9-21;/h5-12,14-16,19H,3-4,13,17H2,1-2H3,(H,30,31,32);1H2/t19-,40?;/m1./s1. The fourth-order valence-corrected chi connectivity index (χ4v) is 6.99. The van der Waals surface area contributed by atoms with Gasteiger partial charge in [-0.1, -0.05) is 11.6 Å². The maximum Gasteiger partial charge on any atom is 0.223 e. The Morgan fingerprint density at radius 1 is 1.10 bits per heavy atom. The van der Waals surface area contributed by atoms with Crippen LogP contribution in [0.5, 0.6) is 11.5 Å². The van der Waals surface area contributed by atoms with Crippen LogP contribution in [0, 0.1) is 0 Å². The molecule has 41 heavy (non-hydrogen) atoms. The highest BCUT2D eigenvalue weighted by molar-refractivity contribution is 7.82. The zero-order valence-electron chi connectivity index (χ0n) is 22.4. The van der Waals surface area contributed by atoms with E-state index < -0.39 is 11.0 Å². The van der Waals surface area contributed by atoms with Crippen LogP contribution in [-0.4, -0.2) is 66.7 Å². The average molecular weight is 613 g/mol. The van der Waals surface area contributed by atoms with Gasteiger partial charge in [-0.15, -0.1) is 11.3 Å². The molecule has 5 aromatic rings. The molecular formula is C28H29ClN6O4S2. The van der Waals surface area contributed by atoms with Crippen LogP contribution in [-0.2, 0) is 11.0 Å². The Morgan fingerprint density at radius 3 is 2.71 bits per heavy atom. The Hall–Kier alpha value is -3.55. The van der Waals surface area contributed by atoms with Gasteiger partial charge in [-0.25, -0.2) is 23.5 Å². The lowest BCUT2D eigenvalue weighted by molar-refractivity contribution is 0.342. The molecule has 2 aromatic carbocycles. The number of hydrogen-bond acceptors (Lipinski definition) is 8. The van der Waals surface area contributed by atoms with Gasteiger partial charge in [0.15, 0.2) is 4.96 Å². The summed E-state index contributed by atoms with van der Waals surface area (Å²) in [6.45, 7) is 1.36. The number of piperidine rings is 1. The summed E-state index contributed by atoms with van der Waals surface area (Å²) >= 11 is 7.56. The van der Waals surface area contributed by atoms with Gasteiger partial charge in [0.25, 0.3) is 0 Å². The monoisotopic (exact) mass is 612 g/mol. The van der Waals surface area contributed by atoms with Crippen LogP contribution in [0.1, 0.15) is 12.8 Å². The third-order valence-electron chi connectivity index (χ3n) is 6.79. The molecule has 0 saturated carbocycles. The molecule has 1 aliphatic heterocycles. The third kappa shape index (κ3) is 5.92. The fourth-order valence-electron chi connectivity index (χ4n) is 4.87. The lowest BCUT2D eigenvalue weighted by Crippen LogP contribution is -2.43.